The number of hydrogen-bond donors (Lipinski definition) is 0. The number of rotatable bonds is 2. The van der Waals surface area contributed by atoms with E-state index in [-0.39, 0.29) is 0 Å². The summed E-state index contributed by atoms with van der Waals surface area (Å²) in [6.45, 7) is 13.7. The van der Waals surface area contributed by atoms with Crippen LogP contribution in [0.25, 0.3) is 49.4 Å². The standard InChI is InChI=1S/C42H32N2.2C2H6/c1-28-34-16-8-5-13-31(34)25-26-43(39-22-19-29-11-6-9-17-35(29)41(28)39)33-21-24-38-37(27-33)42-36-18-10-7-12-30(36)20-23-40(42)44(38)32-14-3-2-4-15-32;2*1-2/h2-18,20-21,23-24,27H,1,19,22,25-26H2;2*1-2H3. The zero-order valence-corrected chi connectivity index (χ0v) is 28.6. The monoisotopic (exact) mass is 624 g/mol. The van der Waals surface area contributed by atoms with Crippen LogP contribution in [0.1, 0.15) is 56.4 Å². The Bertz CT molecular complexity index is 2300. The molecule has 0 unspecified atom stereocenters. The van der Waals surface area contributed by atoms with Crippen LogP contribution in [0, 0.1) is 0 Å². The van der Waals surface area contributed by atoms with Crippen LogP contribution >= 0.6 is 0 Å². The second-order valence-electron chi connectivity index (χ2n) is 12.1. The predicted octanol–water partition coefficient (Wildman–Crippen LogP) is 12.4. The number of para-hydroxylation sites is 1. The van der Waals surface area contributed by atoms with E-state index in [2.05, 4.69) is 143 Å². The quantitative estimate of drug-likeness (QED) is 0.186. The van der Waals surface area contributed by atoms with Crippen LogP contribution in [-0.2, 0) is 12.8 Å². The minimum Gasteiger partial charge on any atom is -0.344 e. The molecule has 1 aliphatic carbocycles. The van der Waals surface area contributed by atoms with E-state index in [0.717, 1.165) is 31.4 Å². The summed E-state index contributed by atoms with van der Waals surface area (Å²) in [6.07, 6.45) is 3.02. The molecule has 2 aliphatic rings. The molecule has 48 heavy (non-hydrogen) atoms. The SMILES string of the molecule is C=C1C2=C(CCc3ccccc32)N(c2ccc3c(c2)c2c4ccccc4ccc2n3-c2ccccc2)CCc2ccccc21.CC.CC. The van der Waals surface area contributed by atoms with Crippen LogP contribution in [0.5, 0.6) is 0 Å². The van der Waals surface area contributed by atoms with E-state index in [4.69, 9.17) is 6.58 Å². The van der Waals surface area contributed by atoms with Gasteiger partial charge in [-0.1, -0.05) is 131 Å². The molecule has 2 heteroatoms. The molecule has 0 saturated carbocycles. The van der Waals surface area contributed by atoms with E-state index in [1.807, 2.05) is 27.7 Å². The van der Waals surface area contributed by atoms with Crippen molar-refractivity contribution < 1.29 is 0 Å². The molecule has 0 saturated heterocycles. The van der Waals surface area contributed by atoms with E-state index < -0.39 is 0 Å². The van der Waals surface area contributed by atoms with Gasteiger partial charge in [-0.25, -0.2) is 0 Å². The van der Waals surface area contributed by atoms with E-state index in [1.54, 1.807) is 0 Å². The third-order valence-electron chi connectivity index (χ3n) is 9.75. The van der Waals surface area contributed by atoms with Gasteiger partial charge in [0.05, 0.1) is 11.0 Å². The van der Waals surface area contributed by atoms with Crippen LogP contribution in [0.2, 0.25) is 0 Å². The number of nitrogens with zero attached hydrogens (tertiary/aromatic N) is 2. The topological polar surface area (TPSA) is 8.17 Å². The van der Waals surface area contributed by atoms with Crippen molar-refractivity contribution in [1.82, 2.24) is 4.57 Å². The Morgan fingerprint density at radius 3 is 1.96 bits per heavy atom. The lowest BCUT2D eigenvalue weighted by molar-refractivity contribution is 0.795. The summed E-state index contributed by atoms with van der Waals surface area (Å²) < 4.78 is 2.42. The fourth-order valence-electron chi connectivity index (χ4n) is 7.74. The van der Waals surface area contributed by atoms with Crippen molar-refractivity contribution in [3.63, 3.8) is 0 Å². The predicted molar refractivity (Wildman–Crippen MR) is 209 cm³/mol. The van der Waals surface area contributed by atoms with Crippen molar-refractivity contribution in [2.45, 2.75) is 47.0 Å². The average molecular weight is 625 g/mol. The van der Waals surface area contributed by atoms with Gasteiger partial charge in [0.1, 0.15) is 0 Å². The molecular formula is C46H44N2. The first kappa shape index (κ1) is 31.3. The molecule has 0 spiro atoms. The van der Waals surface area contributed by atoms with Crippen LogP contribution in [0.15, 0.2) is 146 Å². The molecule has 0 amide bonds. The number of aryl methyl sites for hydroxylation is 1. The first-order valence-corrected chi connectivity index (χ1v) is 17.6. The number of benzene rings is 6. The Kier molecular flexibility index (Phi) is 8.74. The van der Waals surface area contributed by atoms with Gasteiger partial charge in [-0.2, -0.15) is 0 Å². The summed E-state index contributed by atoms with van der Waals surface area (Å²) in [5, 5.41) is 5.17. The number of allylic oxidation sites excluding steroid dienone is 3. The van der Waals surface area contributed by atoms with E-state index in [1.165, 1.54) is 77.5 Å². The lowest BCUT2D eigenvalue weighted by Gasteiger charge is -2.36. The highest BCUT2D eigenvalue weighted by molar-refractivity contribution is 6.22. The maximum Gasteiger partial charge on any atom is 0.0547 e. The van der Waals surface area contributed by atoms with Crippen molar-refractivity contribution in [1.29, 1.82) is 0 Å². The maximum absolute atomic E-state index is 4.74. The van der Waals surface area contributed by atoms with Gasteiger partial charge >= 0.3 is 0 Å². The Morgan fingerprint density at radius 1 is 0.521 bits per heavy atom. The molecule has 0 fully saturated rings. The molecule has 7 aromatic rings. The molecular weight excluding hydrogens is 581 g/mol. The first-order valence-electron chi connectivity index (χ1n) is 17.6. The summed E-state index contributed by atoms with van der Waals surface area (Å²) in [5.41, 5.74) is 14.1. The lowest BCUT2D eigenvalue weighted by Crippen LogP contribution is -2.30. The zero-order valence-electron chi connectivity index (χ0n) is 28.6. The lowest BCUT2D eigenvalue weighted by atomic mass is 9.80. The molecule has 6 aromatic carbocycles. The minimum atomic E-state index is 0.925. The molecule has 238 valence electrons. The van der Waals surface area contributed by atoms with Crippen molar-refractivity contribution in [2.24, 2.45) is 0 Å². The van der Waals surface area contributed by atoms with Crippen molar-refractivity contribution in [3.05, 3.63) is 168 Å². The molecule has 2 heterocycles. The Labute approximate surface area is 285 Å². The molecule has 0 radical (unpaired) electrons. The van der Waals surface area contributed by atoms with Gasteiger partial charge in [-0.05, 0) is 94.3 Å². The second kappa shape index (κ2) is 13.4. The fraction of sp³-hybridized carbons (Fsp3) is 0.174. The van der Waals surface area contributed by atoms with Gasteiger partial charge in [-0.15, -0.1) is 0 Å². The second-order valence-corrected chi connectivity index (χ2v) is 12.1. The average Bonchev–Trinajstić information content (AvgIpc) is 3.50. The summed E-state index contributed by atoms with van der Waals surface area (Å²) >= 11 is 0. The molecule has 0 bridgehead atoms. The summed E-state index contributed by atoms with van der Waals surface area (Å²) in [5.74, 6) is 0. The van der Waals surface area contributed by atoms with Crippen LogP contribution in [0.3, 0.4) is 0 Å². The maximum atomic E-state index is 4.74. The summed E-state index contributed by atoms with van der Waals surface area (Å²) in [7, 11) is 0. The van der Waals surface area contributed by atoms with Gasteiger partial charge in [0, 0.05) is 40.0 Å². The van der Waals surface area contributed by atoms with Crippen molar-refractivity contribution in [2.75, 3.05) is 11.4 Å². The zero-order chi connectivity index (χ0) is 33.2. The third kappa shape index (κ3) is 5.13. The van der Waals surface area contributed by atoms with Crippen LogP contribution < -0.4 is 4.90 Å². The Hall–Kier alpha value is -5.34. The van der Waals surface area contributed by atoms with E-state index in [0.29, 0.717) is 0 Å². The highest BCUT2D eigenvalue weighted by Crippen LogP contribution is 2.45. The minimum absolute atomic E-state index is 0.925. The normalized spacial score (nSPS) is 13.8. The van der Waals surface area contributed by atoms with E-state index >= 15 is 0 Å². The molecule has 1 aromatic heterocycles. The number of hydrogen-bond acceptors (Lipinski definition) is 1. The Morgan fingerprint density at radius 2 is 1.17 bits per heavy atom. The van der Waals surface area contributed by atoms with E-state index in [9.17, 15) is 0 Å². The summed E-state index contributed by atoms with van der Waals surface area (Å²) in [6, 6.07) is 49.0. The van der Waals surface area contributed by atoms with Gasteiger partial charge in [0.25, 0.3) is 0 Å². The smallest absolute Gasteiger partial charge is 0.0547 e. The molecule has 2 nitrogen and oxygen atoms in total. The molecule has 0 atom stereocenters. The molecule has 1 aliphatic heterocycles. The van der Waals surface area contributed by atoms with Crippen LogP contribution in [0.4, 0.5) is 5.69 Å². The Balaban J connectivity index is 0.000000880. The van der Waals surface area contributed by atoms with Gasteiger partial charge in [-0.3, -0.25) is 0 Å². The highest BCUT2D eigenvalue weighted by Gasteiger charge is 2.29. The van der Waals surface area contributed by atoms with Gasteiger partial charge in [0.15, 0.2) is 0 Å². The molecule has 0 N–H and O–H groups in total. The van der Waals surface area contributed by atoms with Crippen molar-refractivity contribution >= 4 is 49.4 Å². The number of anilines is 1. The summed E-state index contributed by atoms with van der Waals surface area (Å²) in [4.78, 5) is 2.60. The fourth-order valence-corrected chi connectivity index (χ4v) is 7.74. The molecule has 9 rings (SSSR count). The first-order chi connectivity index (χ1) is 23.8. The van der Waals surface area contributed by atoms with Gasteiger partial charge < -0.3 is 9.47 Å². The number of aromatic nitrogens is 1. The number of fused-ring (bicyclic) bond motifs is 8. The third-order valence-corrected chi connectivity index (χ3v) is 9.75. The van der Waals surface area contributed by atoms with Crippen molar-refractivity contribution in [3.8, 4) is 5.69 Å². The highest BCUT2D eigenvalue weighted by atomic mass is 15.1. The van der Waals surface area contributed by atoms with Gasteiger partial charge in [0.2, 0.25) is 0 Å². The van der Waals surface area contributed by atoms with Crippen LogP contribution in [-0.4, -0.2) is 11.1 Å². The largest absolute Gasteiger partial charge is 0.344 e.